The van der Waals surface area contributed by atoms with Gasteiger partial charge < -0.3 is 10.2 Å². The Bertz CT molecular complexity index is 871. The molecule has 1 N–H and O–H groups in total. The van der Waals surface area contributed by atoms with Crippen molar-refractivity contribution in [1.29, 1.82) is 0 Å². The van der Waals surface area contributed by atoms with Gasteiger partial charge in [0, 0.05) is 30.5 Å². The van der Waals surface area contributed by atoms with Gasteiger partial charge >= 0.3 is 0 Å². The maximum Gasteiger partial charge on any atom is 0.254 e. The number of pyridine rings is 2. The number of rotatable bonds is 6. The highest BCUT2D eigenvalue weighted by Gasteiger charge is 2.34. The Hall–Kier alpha value is -2.48. The zero-order valence-electron chi connectivity index (χ0n) is 14.6. The number of carbonyl (C=O) groups excluding carboxylic acids is 1. The third kappa shape index (κ3) is 4.37. The number of hydrogen-bond donors (Lipinski definition) is 1. The summed E-state index contributed by atoms with van der Waals surface area (Å²) in [6.07, 6.45) is 3.80. The van der Waals surface area contributed by atoms with Crippen LogP contribution < -0.4 is 5.32 Å². The quantitative estimate of drug-likeness (QED) is 0.828. The van der Waals surface area contributed by atoms with E-state index >= 15 is 0 Å². The van der Waals surface area contributed by atoms with E-state index in [1.54, 1.807) is 29.4 Å². The molecule has 1 saturated heterocycles. The Labute approximate surface area is 153 Å². The molecule has 3 rings (SSSR count). The van der Waals surface area contributed by atoms with Crippen LogP contribution in [-0.2, 0) is 16.4 Å². The topological polar surface area (TPSA) is 92.3 Å². The molecule has 0 aliphatic carbocycles. The number of amides is 1. The van der Waals surface area contributed by atoms with Gasteiger partial charge in [0.05, 0.1) is 23.7 Å². The van der Waals surface area contributed by atoms with E-state index < -0.39 is 9.84 Å². The van der Waals surface area contributed by atoms with Gasteiger partial charge in [-0.15, -0.1) is 0 Å². The number of sulfone groups is 1. The molecule has 26 heavy (non-hydrogen) atoms. The fraction of sp³-hybridized carbons (Fsp3) is 0.389. The van der Waals surface area contributed by atoms with Crippen molar-refractivity contribution in [2.45, 2.75) is 25.9 Å². The maximum absolute atomic E-state index is 12.9. The first kappa shape index (κ1) is 18.3. The number of nitrogens with zero attached hydrogens (tertiary/aromatic N) is 3. The Morgan fingerprint density at radius 1 is 1.27 bits per heavy atom. The Balaban J connectivity index is 1.71. The summed E-state index contributed by atoms with van der Waals surface area (Å²) in [6.45, 7) is 2.84. The van der Waals surface area contributed by atoms with Crippen molar-refractivity contribution in [3.8, 4) is 0 Å². The number of nitrogens with one attached hydrogen (secondary N) is 1. The minimum absolute atomic E-state index is 0.0441. The van der Waals surface area contributed by atoms with Crippen LogP contribution in [0.2, 0.25) is 0 Å². The first-order valence-electron chi connectivity index (χ1n) is 8.60. The molecular weight excluding hydrogens is 352 g/mol. The predicted octanol–water partition coefficient (Wildman–Crippen LogP) is 1.74. The van der Waals surface area contributed by atoms with Crippen LogP contribution in [0.1, 0.15) is 29.4 Å². The molecule has 0 saturated carbocycles. The largest absolute Gasteiger partial charge is 0.364 e. The van der Waals surface area contributed by atoms with Crippen LogP contribution in [0, 0.1) is 0 Å². The van der Waals surface area contributed by atoms with Crippen LogP contribution in [0.4, 0.5) is 5.82 Å². The van der Waals surface area contributed by atoms with Gasteiger partial charge in [-0.1, -0.05) is 6.07 Å². The van der Waals surface area contributed by atoms with Crippen LogP contribution in [0.3, 0.4) is 0 Å². The average molecular weight is 374 g/mol. The van der Waals surface area contributed by atoms with Gasteiger partial charge in [0.25, 0.3) is 5.91 Å². The molecule has 138 valence electrons. The second kappa shape index (κ2) is 7.82. The minimum Gasteiger partial charge on any atom is -0.364 e. The van der Waals surface area contributed by atoms with Gasteiger partial charge in [-0.2, -0.15) is 0 Å². The second-order valence-electron chi connectivity index (χ2n) is 6.25. The lowest BCUT2D eigenvalue weighted by atomic mass is 10.1. The fourth-order valence-corrected chi connectivity index (χ4v) is 4.83. The SMILES string of the molecule is CCN(C(=O)c1ccnc(NCc2ccccn2)c1)C1CCS(=O)(=O)C1. The molecule has 8 heteroatoms. The van der Waals surface area contributed by atoms with E-state index in [0.717, 1.165) is 5.69 Å². The monoisotopic (exact) mass is 374 g/mol. The van der Waals surface area contributed by atoms with E-state index in [9.17, 15) is 13.2 Å². The van der Waals surface area contributed by atoms with E-state index in [1.807, 2.05) is 25.1 Å². The Morgan fingerprint density at radius 3 is 2.77 bits per heavy atom. The molecule has 1 aliphatic rings. The normalized spacial score (nSPS) is 18.4. The third-order valence-electron chi connectivity index (χ3n) is 4.43. The molecule has 0 radical (unpaired) electrons. The lowest BCUT2D eigenvalue weighted by Gasteiger charge is -2.27. The van der Waals surface area contributed by atoms with Crippen molar-refractivity contribution >= 4 is 21.6 Å². The first-order chi connectivity index (χ1) is 12.5. The average Bonchev–Trinajstić information content (AvgIpc) is 3.01. The molecule has 2 aromatic heterocycles. The van der Waals surface area contributed by atoms with Gasteiger partial charge in [-0.05, 0) is 37.6 Å². The summed E-state index contributed by atoms with van der Waals surface area (Å²) in [5, 5.41) is 3.16. The molecule has 1 unspecified atom stereocenters. The van der Waals surface area contributed by atoms with Crippen LogP contribution in [-0.4, -0.2) is 53.3 Å². The molecule has 3 heterocycles. The minimum atomic E-state index is -3.04. The number of hydrogen-bond acceptors (Lipinski definition) is 6. The van der Waals surface area contributed by atoms with Gasteiger partial charge in [0.2, 0.25) is 0 Å². The first-order valence-corrected chi connectivity index (χ1v) is 10.4. The highest BCUT2D eigenvalue weighted by Crippen LogP contribution is 2.20. The highest BCUT2D eigenvalue weighted by molar-refractivity contribution is 7.91. The Morgan fingerprint density at radius 2 is 2.12 bits per heavy atom. The molecule has 1 atom stereocenters. The van der Waals surface area contributed by atoms with Crippen LogP contribution >= 0.6 is 0 Å². The molecule has 0 spiro atoms. The van der Waals surface area contributed by atoms with Crippen molar-refractivity contribution in [3.05, 3.63) is 54.0 Å². The van der Waals surface area contributed by atoms with Gasteiger partial charge in [-0.3, -0.25) is 9.78 Å². The summed E-state index contributed by atoms with van der Waals surface area (Å²) >= 11 is 0. The van der Waals surface area contributed by atoms with Crippen molar-refractivity contribution in [3.63, 3.8) is 0 Å². The van der Waals surface area contributed by atoms with E-state index in [0.29, 0.717) is 30.9 Å². The van der Waals surface area contributed by atoms with Crippen molar-refractivity contribution < 1.29 is 13.2 Å². The second-order valence-corrected chi connectivity index (χ2v) is 8.48. The summed E-state index contributed by atoms with van der Waals surface area (Å²) in [5.74, 6) is 0.603. The van der Waals surface area contributed by atoms with Crippen LogP contribution in [0.5, 0.6) is 0 Å². The molecule has 0 bridgehead atoms. The summed E-state index contributed by atoms with van der Waals surface area (Å²) in [5.41, 5.74) is 1.37. The van der Waals surface area contributed by atoms with E-state index in [-0.39, 0.29) is 23.5 Å². The van der Waals surface area contributed by atoms with Crippen LogP contribution in [0.25, 0.3) is 0 Å². The molecule has 1 amide bonds. The number of carbonyl (C=O) groups is 1. The van der Waals surface area contributed by atoms with Gasteiger partial charge in [-0.25, -0.2) is 13.4 Å². The van der Waals surface area contributed by atoms with Crippen molar-refractivity contribution in [1.82, 2.24) is 14.9 Å². The standard InChI is InChI=1S/C18H22N4O3S/c1-2-22(16-7-10-26(24,25)13-16)18(23)14-6-9-20-17(11-14)21-12-15-5-3-4-8-19-15/h3-6,8-9,11,16H,2,7,10,12-13H2,1H3,(H,20,21). The summed E-state index contributed by atoms with van der Waals surface area (Å²) in [6, 6.07) is 8.75. The lowest BCUT2D eigenvalue weighted by molar-refractivity contribution is 0.0708. The summed E-state index contributed by atoms with van der Waals surface area (Å²) < 4.78 is 23.5. The van der Waals surface area contributed by atoms with E-state index in [2.05, 4.69) is 15.3 Å². The van der Waals surface area contributed by atoms with Crippen molar-refractivity contribution in [2.24, 2.45) is 0 Å². The van der Waals surface area contributed by atoms with Gasteiger partial charge in [0.1, 0.15) is 5.82 Å². The number of aromatic nitrogens is 2. The van der Waals surface area contributed by atoms with Crippen molar-refractivity contribution in [2.75, 3.05) is 23.4 Å². The predicted molar refractivity (Wildman–Crippen MR) is 99.6 cm³/mol. The maximum atomic E-state index is 12.9. The lowest BCUT2D eigenvalue weighted by Crippen LogP contribution is -2.41. The zero-order chi connectivity index (χ0) is 18.6. The molecule has 1 fully saturated rings. The zero-order valence-corrected chi connectivity index (χ0v) is 15.4. The van der Waals surface area contributed by atoms with E-state index in [1.165, 1.54) is 0 Å². The molecule has 7 nitrogen and oxygen atoms in total. The molecule has 1 aliphatic heterocycles. The summed E-state index contributed by atoms with van der Waals surface area (Å²) in [4.78, 5) is 23.0. The van der Waals surface area contributed by atoms with E-state index in [4.69, 9.17) is 0 Å². The Kier molecular flexibility index (Phi) is 5.51. The fourth-order valence-electron chi connectivity index (χ4n) is 3.10. The molecular formula is C18H22N4O3S. The molecule has 0 aromatic carbocycles. The van der Waals surface area contributed by atoms with Gasteiger partial charge in [0.15, 0.2) is 9.84 Å². The number of anilines is 1. The summed E-state index contributed by atoms with van der Waals surface area (Å²) in [7, 11) is -3.04. The smallest absolute Gasteiger partial charge is 0.254 e. The molecule has 2 aromatic rings. The highest BCUT2D eigenvalue weighted by atomic mass is 32.2. The van der Waals surface area contributed by atoms with Crippen LogP contribution in [0.15, 0.2) is 42.7 Å². The third-order valence-corrected chi connectivity index (χ3v) is 6.18.